The van der Waals surface area contributed by atoms with E-state index in [4.69, 9.17) is 4.74 Å². The minimum absolute atomic E-state index is 0.0271. The van der Waals surface area contributed by atoms with Gasteiger partial charge in [0.1, 0.15) is 5.76 Å². The van der Waals surface area contributed by atoms with Crippen LogP contribution in [0, 0.1) is 11.8 Å². The number of ether oxygens (including phenoxy) is 2. The van der Waals surface area contributed by atoms with Crippen LogP contribution in [0.1, 0.15) is 26.2 Å². The van der Waals surface area contributed by atoms with Crippen molar-refractivity contribution in [3.63, 3.8) is 0 Å². The summed E-state index contributed by atoms with van der Waals surface area (Å²) < 4.78 is 9.78. The molecule has 0 bridgehead atoms. The summed E-state index contributed by atoms with van der Waals surface area (Å²) in [6.07, 6.45) is 3.46. The van der Waals surface area contributed by atoms with Crippen molar-refractivity contribution in [1.82, 2.24) is 0 Å². The molecule has 0 saturated carbocycles. The van der Waals surface area contributed by atoms with Gasteiger partial charge in [0.15, 0.2) is 5.78 Å². The Kier molecular flexibility index (Phi) is 4.52. The smallest absolute Gasteiger partial charge is 0.306 e. The molecular weight excluding hydrogens is 208 g/mol. The van der Waals surface area contributed by atoms with Crippen LogP contribution in [0.2, 0.25) is 0 Å². The average molecular weight is 226 g/mol. The summed E-state index contributed by atoms with van der Waals surface area (Å²) in [5, 5.41) is 0. The van der Waals surface area contributed by atoms with E-state index in [1.54, 1.807) is 7.11 Å². The molecule has 16 heavy (non-hydrogen) atoms. The number of esters is 1. The maximum absolute atomic E-state index is 11.7. The molecule has 0 aromatic carbocycles. The lowest BCUT2D eigenvalue weighted by molar-refractivity contribution is -0.143. The van der Waals surface area contributed by atoms with Crippen molar-refractivity contribution in [3.05, 3.63) is 11.8 Å². The van der Waals surface area contributed by atoms with Crippen LogP contribution in [0.5, 0.6) is 0 Å². The molecule has 0 heterocycles. The monoisotopic (exact) mass is 226 g/mol. The molecule has 0 aromatic heterocycles. The zero-order valence-electron chi connectivity index (χ0n) is 9.99. The summed E-state index contributed by atoms with van der Waals surface area (Å²) in [7, 11) is 2.89. The Morgan fingerprint density at radius 1 is 1.38 bits per heavy atom. The Morgan fingerprint density at radius 3 is 2.56 bits per heavy atom. The molecule has 0 fully saturated rings. The molecule has 0 amide bonds. The quantitative estimate of drug-likeness (QED) is 0.669. The zero-order chi connectivity index (χ0) is 12.1. The van der Waals surface area contributed by atoms with Crippen LogP contribution in [0.4, 0.5) is 0 Å². The summed E-state index contributed by atoms with van der Waals surface area (Å²) in [5.74, 6) is 0.0515. The Hall–Kier alpha value is -1.32. The van der Waals surface area contributed by atoms with Crippen molar-refractivity contribution in [2.75, 3.05) is 14.2 Å². The molecule has 4 heteroatoms. The number of hydrogen-bond donors (Lipinski definition) is 0. The van der Waals surface area contributed by atoms with Gasteiger partial charge in [-0.2, -0.15) is 0 Å². The molecule has 1 aliphatic rings. The summed E-state index contributed by atoms with van der Waals surface area (Å²) in [6, 6.07) is 0. The molecule has 1 aliphatic carbocycles. The molecule has 0 spiro atoms. The minimum Gasteiger partial charge on any atom is -0.501 e. The lowest BCUT2D eigenvalue weighted by Gasteiger charge is -2.19. The number of rotatable bonds is 5. The van der Waals surface area contributed by atoms with Crippen LogP contribution in [-0.2, 0) is 19.1 Å². The maximum Gasteiger partial charge on any atom is 0.306 e. The van der Waals surface area contributed by atoms with Gasteiger partial charge in [-0.1, -0.05) is 13.3 Å². The first-order valence-corrected chi connectivity index (χ1v) is 5.50. The van der Waals surface area contributed by atoms with Crippen molar-refractivity contribution in [3.8, 4) is 0 Å². The van der Waals surface area contributed by atoms with E-state index in [0.717, 1.165) is 12.8 Å². The standard InChI is InChI=1S/C12H18O4/c1-4-5-8-9(6-12(14)16-3)10(13)7-11(8)15-2/h7-9H,4-6H2,1-3H3/t8-,9-/m1/s1. The van der Waals surface area contributed by atoms with Crippen molar-refractivity contribution >= 4 is 11.8 Å². The predicted octanol–water partition coefficient (Wildman–Crippen LogP) is 1.70. The summed E-state index contributed by atoms with van der Waals surface area (Å²) in [5.41, 5.74) is 0. The number of methoxy groups -OCH3 is 2. The molecule has 90 valence electrons. The molecule has 0 saturated heterocycles. The van der Waals surface area contributed by atoms with Crippen LogP contribution in [-0.4, -0.2) is 26.0 Å². The molecule has 0 aliphatic heterocycles. The Labute approximate surface area is 95.6 Å². The van der Waals surface area contributed by atoms with E-state index >= 15 is 0 Å². The first-order valence-electron chi connectivity index (χ1n) is 5.50. The van der Waals surface area contributed by atoms with Gasteiger partial charge in [-0.05, 0) is 6.42 Å². The van der Waals surface area contributed by atoms with Crippen LogP contribution in [0.25, 0.3) is 0 Å². The highest BCUT2D eigenvalue weighted by Crippen LogP contribution is 2.35. The van der Waals surface area contributed by atoms with Gasteiger partial charge in [-0.3, -0.25) is 9.59 Å². The number of carbonyl (C=O) groups excluding carboxylic acids is 2. The van der Waals surface area contributed by atoms with Crippen molar-refractivity contribution in [2.24, 2.45) is 11.8 Å². The predicted molar refractivity (Wildman–Crippen MR) is 58.6 cm³/mol. The minimum atomic E-state index is -0.342. The number of allylic oxidation sites excluding steroid dienone is 2. The van der Waals surface area contributed by atoms with E-state index in [2.05, 4.69) is 4.74 Å². The lowest BCUT2D eigenvalue weighted by Crippen LogP contribution is -2.22. The summed E-state index contributed by atoms with van der Waals surface area (Å²) >= 11 is 0. The second-order valence-electron chi connectivity index (χ2n) is 3.94. The third kappa shape index (κ3) is 2.62. The van der Waals surface area contributed by atoms with Gasteiger partial charge >= 0.3 is 5.97 Å². The van der Waals surface area contributed by atoms with Crippen molar-refractivity contribution < 1.29 is 19.1 Å². The number of ketones is 1. The van der Waals surface area contributed by atoms with Crippen LogP contribution in [0.3, 0.4) is 0 Å². The van der Waals surface area contributed by atoms with Crippen LogP contribution >= 0.6 is 0 Å². The molecule has 0 unspecified atom stereocenters. The summed E-state index contributed by atoms with van der Waals surface area (Å²) in [4.78, 5) is 22.9. The Morgan fingerprint density at radius 2 is 2.06 bits per heavy atom. The van der Waals surface area contributed by atoms with Gasteiger partial charge in [0, 0.05) is 17.9 Å². The number of carbonyl (C=O) groups is 2. The third-order valence-corrected chi connectivity index (χ3v) is 2.95. The highest BCUT2D eigenvalue weighted by molar-refractivity contribution is 5.97. The molecule has 0 aromatic rings. The topological polar surface area (TPSA) is 52.6 Å². The van der Waals surface area contributed by atoms with E-state index in [1.165, 1.54) is 13.2 Å². The summed E-state index contributed by atoms with van der Waals surface area (Å²) in [6.45, 7) is 2.05. The van der Waals surface area contributed by atoms with E-state index < -0.39 is 0 Å². The molecule has 0 N–H and O–H groups in total. The highest BCUT2D eigenvalue weighted by atomic mass is 16.5. The highest BCUT2D eigenvalue weighted by Gasteiger charge is 2.37. The lowest BCUT2D eigenvalue weighted by atomic mass is 9.87. The van der Waals surface area contributed by atoms with Gasteiger partial charge in [-0.15, -0.1) is 0 Å². The van der Waals surface area contributed by atoms with Gasteiger partial charge in [-0.25, -0.2) is 0 Å². The SMILES string of the molecule is CCC[C@H]1C(OC)=CC(=O)[C@@H]1CC(=O)OC. The third-order valence-electron chi connectivity index (χ3n) is 2.95. The molecule has 0 radical (unpaired) electrons. The van der Waals surface area contributed by atoms with Crippen molar-refractivity contribution in [1.29, 1.82) is 0 Å². The van der Waals surface area contributed by atoms with Gasteiger partial charge < -0.3 is 9.47 Å². The normalized spacial score (nSPS) is 24.2. The van der Waals surface area contributed by atoms with Crippen molar-refractivity contribution in [2.45, 2.75) is 26.2 Å². The zero-order valence-corrected chi connectivity index (χ0v) is 9.99. The first kappa shape index (κ1) is 12.7. The molecular formula is C12H18O4. The van der Waals surface area contributed by atoms with Gasteiger partial charge in [0.2, 0.25) is 0 Å². The molecule has 1 rings (SSSR count). The second kappa shape index (κ2) is 5.68. The van der Waals surface area contributed by atoms with E-state index in [-0.39, 0.29) is 30.0 Å². The van der Waals surface area contributed by atoms with E-state index in [9.17, 15) is 9.59 Å². The van der Waals surface area contributed by atoms with Crippen LogP contribution in [0.15, 0.2) is 11.8 Å². The Bertz CT molecular complexity index is 306. The molecule has 4 nitrogen and oxygen atoms in total. The largest absolute Gasteiger partial charge is 0.501 e. The fourth-order valence-corrected chi connectivity index (χ4v) is 2.12. The van der Waals surface area contributed by atoms with Gasteiger partial charge in [0.25, 0.3) is 0 Å². The molecule has 2 atom stereocenters. The second-order valence-corrected chi connectivity index (χ2v) is 3.94. The fourth-order valence-electron chi connectivity index (χ4n) is 2.12. The average Bonchev–Trinajstić information content (AvgIpc) is 2.57. The number of hydrogen-bond acceptors (Lipinski definition) is 4. The first-order chi connectivity index (χ1) is 7.63. The fraction of sp³-hybridized carbons (Fsp3) is 0.667. The Balaban J connectivity index is 2.75. The van der Waals surface area contributed by atoms with E-state index in [1.807, 2.05) is 6.92 Å². The van der Waals surface area contributed by atoms with Gasteiger partial charge in [0.05, 0.1) is 20.6 Å². The van der Waals surface area contributed by atoms with E-state index in [0.29, 0.717) is 5.76 Å². The van der Waals surface area contributed by atoms with Crippen LogP contribution < -0.4 is 0 Å². The maximum atomic E-state index is 11.7.